The fraction of sp³-hybridized carbons (Fsp3) is 0.600. The monoisotopic (exact) mass is 297 g/mol. The van der Waals surface area contributed by atoms with Crippen molar-refractivity contribution in [2.24, 2.45) is 10.6 Å². The average molecular weight is 297 g/mol. The van der Waals surface area contributed by atoms with Crippen LogP contribution in [0.2, 0.25) is 0 Å². The third-order valence-corrected chi connectivity index (χ3v) is 4.93. The van der Waals surface area contributed by atoms with E-state index in [1.165, 1.54) is 0 Å². The van der Waals surface area contributed by atoms with Crippen molar-refractivity contribution < 1.29 is 13.2 Å². The van der Waals surface area contributed by atoms with Crippen molar-refractivity contribution in [3.63, 3.8) is 0 Å². The van der Waals surface area contributed by atoms with Crippen molar-refractivity contribution >= 4 is 10.0 Å². The lowest BCUT2D eigenvalue weighted by molar-refractivity contribution is 0.170. The zero-order chi connectivity index (χ0) is 14.8. The van der Waals surface area contributed by atoms with E-state index in [2.05, 4.69) is 6.07 Å². The van der Waals surface area contributed by atoms with Gasteiger partial charge in [-0.15, -0.1) is 0 Å². The first-order chi connectivity index (χ1) is 9.28. The van der Waals surface area contributed by atoms with Crippen LogP contribution < -0.4 is 9.88 Å². The Kier molecular flexibility index (Phi) is 4.39. The number of primary sulfonamides is 1. The van der Waals surface area contributed by atoms with Crippen LogP contribution in [0.1, 0.15) is 36.8 Å². The number of hydrogen-bond donors (Lipinski definition) is 1. The van der Waals surface area contributed by atoms with Crippen LogP contribution in [0.4, 0.5) is 0 Å². The average Bonchev–Trinajstić information content (AvgIpc) is 2.72. The van der Waals surface area contributed by atoms with Gasteiger partial charge in [-0.1, -0.05) is 18.9 Å². The third-order valence-electron chi connectivity index (χ3n) is 3.91. The second-order valence-corrected chi connectivity index (χ2v) is 7.74. The molecule has 1 fully saturated rings. The first kappa shape index (κ1) is 15.3. The molecule has 5 heteroatoms. The number of ether oxygens (including phenoxy) is 1. The number of rotatable bonds is 5. The molecule has 0 radical (unpaired) electrons. The molecule has 0 aromatic heterocycles. The minimum atomic E-state index is -3.47. The highest BCUT2D eigenvalue weighted by Crippen LogP contribution is 2.39. The zero-order valence-corrected chi connectivity index (χ0v) is 13.0. The molecule has 4 nitrogen and oxygen atoms in total. The van der Waals surface area contributed by atoms with E-state index < -0.39 is 10.0 Å². The SMILES string of the molecule is Cc1cc(C)cc(OCC2(CS(N)(=O)=O)CCCC2)c1. The van der Waals surface area contributed by atoms with Gasteiger partial charge in [-0.05, 0) is 49.9 Å². The summed E-state index contributed by atoms with van der Waals surface area (Å²) in [6.45, 7) is 4.47. The van der Waals surface area contributed by atoms with E-state index in [1.807, 2.05) is 26.0 Å². The molecule has 0 heterocycles. The molecule has 0 unspecified atom stereocenters. The van der Waals surface area contributed by atoms with Crippen molar-refractivity contribution in [1.29, 1.82) is 0 Å². The van der Waals surface area contributed by atoms with E-state index in [0.29, 0.717) is 6.61 Å². The van der Waals surface area contributed by atoms with Crippen LogP contribution in [0.25, 0.3) is 0 Å². The van der Waals surface area contributed by atoms with Gasteiger partial charge in [0.15, 0.2) is 0 Å². The minimum Gasteiger partial charge on any atom is -0.493 e. The van der Waals surface area contributed by atoms with Crippen LogP contribution >= 0.6 is 0 Å². The van der Waals surface area contributed by atoms with E-state index in [4.69, 9.17) is 9.88 Å². The summed E-state index contributed by atoms with van der Waals surface area (Å²) >= 11 is 0. The topological polar surface area (TPSA) is 69.4 Å². The molecule has 2 rings (SSSR count). The van der Waals surface area contributed by atoms with Crippen molar-refractivity contribution in [2.45, 2.75) is 39.5 Å². The fourth-order valence-electron chi connectivity index (χ4n) is 3.13. The summed E-state index contributed by atoms with van der Waals surface area (Å²) in [7, 11) is -3.47. The minimum absolute atomic E-state index is 0.0186. The Labute approximate surface area is 121 Å². The lowest BCUT2D eigenvalue weighted by Crippen LogP contribution is -2.36. The molecule has 0 amide bonds. The Bertz CT molecular complexity index is 555. The van der Waals surface area contributed by atoms with Crippen LogP contribution in [0.15, 0.2) is 18.2 Å². The maximum absolute atomic E-state index is 11.4. The Morgan fingerprint density at radius 3 is 2.20 bits per heavy atom. The molecule has 112 valence electrons. The highest BCUT2D eigenvalue weighted by atomic mass is 32.2. The Morgan fingerprint density at radius 1 is 1.15 bits per heavy atom. The molecule has 0 aliphatic heterocycles. The zero-order valence-electron chi connectivity index (χ0n) is 12.2. The van der Waals surface area contributed by atoms with Gasteiger partial charge in [-0.3, -0.25) is 0 Å². The molecular weight excluding hydrogens is 274 g/mol. The van der Waals surface area contributed by atoms with E-state index in [9.17, 15) is 8.42 Å². The van der Waals surface area contributed by atoms with Gasteiger partial charge in [0.2, 0.25) is 10.0 Å². The maximum Gasteiger partial charge on any atom is 0.209 e. The standard InChI is InChI=1S/C15H23NO3S/c1-12-7-13(2)9-14(8-12)19-10-15(5-3-4-6-15)11-20(16,17)18/h7-9H,3-6,10-11H2,1-2H3,(H2,16,17,18). The Hall–Kier alpha value is -1.07. The van der Waals surface area contributed by atoms with Gasteiger partial charge < -0.3 is 4.74 Å². The number of nitrogens with two attached hydrogens (primary N) is 1. The molecule has 1 aliphatic carbocycles. The first-order valence-corrected chi connectivity index (χ1v) is 8.71. The molecule has 1 aliphatic rings. The number of hydrogen-bond acceptors (Lipinski definition) is 3. The highest BCUT2D eigenvalue weighted by molar-refractivity contribution is 7.89. The third kappa shape index (κ3) is 4.21. The highest BCUT2D eigenvalue weighted by Gasteiger charge is 2.38. The maximum atomic E-state index is 11.4. The molecule has 1 aromatic rings. The van der Waals surface area contributed by atoms with Gasteiger partial charge in [0.1, 0.15) is 5.75 Å². The van der Waals surface area contributed by atoms with Gasteiger partial charge in [0.05, 0.1) is 12.4 Å². The van der Waals surface area contributed by atoms with E-state index >= 15 is 0 Å². The molecule has 0 atom stereocenters. The summed E-state index contributed by atoms with van der Waals surface area (Å²) in [6, 6.07) is 6.04. The van der Waals surface area contributed by atoms with Crippen LogP contribution in [0.5, 0.6) is 5.75 Å². The summed E-state index contributed by atoms with van der Waals surface area (Å²) in [4.78, 5) is 0. The number of aryl methyl sites for hydroxylation is 2. The fourth-order valence-corrected chi connectivity index (χ4v) is 4.36. The predicted octanol–water partition coefficient (Wildman–Crippen LogP) is 2.53. The number of sulfonamides is 1. The van der Waals surface area contributed by atoms with Crippen molar-refractivity contribution in [3.8, 4) is 5.75 Å². The van der Waals surface area contributed by atoms with E-state index in [-0.39, 0.29) is 11.2 Å². The van der Waals surface area contributed by atoms with Crippen molar-refractivity contribution in [3.05, 3.63) is 29.3 Å². The Balaban J connectivity index is 2.09. The number of benzene rings is 1. The summed E-state index contributed by atoms with van der Waals surface area (Å²) in [6.07, 6.45) is 3.83. The predicted molar refractivity (Wildman–Crippen MR) is 80.3 cm³/mol. The summed E-state index contributed by atoms with van der Waals surface area (Å²) in [5.41, 5.74) is 1.98. The molecular formula is C15H23NO3S. The largest absolute Gasteiger partial charge is 0.493 e. The van der Waals surface area contributed by atoms with Gasteiger partial charge in [0.25, 0.3) is 0 Å². The summed E-state index contributed by atoms with van der Waals surface area (Å²) in [5.74, 6) is 0.827. The van der Waals surface area contributed by atoms with Crippen LogP contribution in [0.3, 0.4) is 0 Å². The van der Waals surface area contributed by atoms with Gasteiger partial charge >= 0.3 is 0 Å². The van der Waals surface area contributed by atoms with Crippen molar-refractivity contribution in [2.75, 3.05) is 12.4 Å². The molecule has 0 bridgehead atoms. The smallest absolute Gasteiger partial charge is 0.209 e. The second-order valence-electron chi connectivity index (χ2n) is 6.13. The van der Waals surface area contributed by atoms with Gasteiger partial charge in [-0.25, -0.2) is 13.6 Å². The normalized spacial score (nSPS) is 18.1. The van der Waals surface area contributed by atoms with Gasteiger partial charge in [0, 0.05) is 5.41 Å². The van der Waals surface area contributed by atoms with E-state index in [1.54, 1.807) is 0 Å². The summed E-state index contributed by atoms with van der Waals surface area (Å²) < 4.78 is 28.7. The summed E-state index contributed by atoms with van der Waals surface area (Å²) in [5, 5.41) is 5.23. The van der Waals surface area contributed by atoms with Gasteiger partial charge in [-0.2, -0.15) is 0 Å². The first-order valence-electron chi connectivity index (χ1n) is 7.00. The Morgan fingerprint density at radius 2 is 1.70 bits per heavy atom. The van der Waals surface area contributed by atoms with Crippen molar-refractivity contribution in [1.82, 2.24) is 0 Å². The van der Waals surface area contributed by atoms with Crippen LogP contribution in [-0.2, 0) is 10.0 Å². The second kappa shape index (κ2) is 5.74. The molecule has 1 saturated carbocycles. The lowest BCUT2D eigenvalue weighted by atomic mass is 9.90. The lowest BCUT2D eigenvalue weighted by Gasteiger charge is -2.27. The molecule has 20 heavy (non-hydrogen) atoms. The molecule has 0 saturated heterocycles. The molecule has 1 aromatic carbocycles. The quantitative estimate of drug-likeness (QED) is 0.908. The van der Waals surface area contributed by atoms with Crippen LogP contribution in [-0.4, -0.2) is 20.8 Å². The molecule has 0 spiro atoms. The molecule has 2 N–H and O–H groups in total. The van der Waals surface area contributed by atoms with E-state index in [0.717, 1.165) is 42.6 Å². The van der Waals surface area contributed by atoms with Crippen LogP contribution in [0, 0.1) is 19.3 Å².